The van der Waals surface area contributed by atoms with Gasteiger partial charge in [-0.3, -0.25) is 0 Å². The van der Waals surface area contributed by atoms with Gasteiger partial charge in [0.05, 0.1) is 16.5 Å². The number of aromatic carboxylic acids is 1. The number of benzene rings is 1. The van der Waals surface area contributed by atoms with Gasteiger partial charge in [0.15, 0.2) is 5.09 Å². The molecule has 1 N–H and O–H groups in total. The number of halogens is 2. The second-order valence-corrected chi connectivity index (χ2v) is 4.42. The van der Waals surface area contributed by atoms with Gasteiger partial charge in [0.25, 0.3) is 0 Å². The summed E-state index contributed by atoms with van der Waals surface area (Å²) < 4.78 is 32.0. The van der Waals surface area contributed by atoms with E-state index in [1.54, 1.807) is 6.07 Å². The number of carbonyl (C=O) groups is 1. The Balaban J connectivity index is 2.33. The van der Waals surface area contributed by atoms with Crippen LogP contribution in [0.5, 0.6) is 0 Å². The monoisotopic (exact) mass is 281 g/mol. The van der Waals surface area contributed by atoms with E-state index >= 15 is 0 Å². The highest BCUT2D eigenvalue weighted by molar-refractivity contribution is 7.99. The number of rotatable bonds is 3. The minimum atomic E-state index is -1.27. The normalized spacial score (nSPS) is 10.2. The Hall–Kier alpha value is -2.33. The minimum absolute atomic E-state index is 0.0416. The predicted molar refractivity (Wildman–Crippen MR) is 60.9 cm³/mol. The highest BCUT2D eigenvalue weighted by Gasteiger charge is 2.16. The van der Waals surface area contributed by atoms with Gasteiger partial charge in [-0.15, -0.1) is 0 Å². The van der Waals surface area contributed by atoms with Crippen LogP contribution in [0.25, 0.3) is 0 Å². The van der Waals surface area contributed by atoms with Crippen molar-refractivity contribution >= 4 is 17.7 Å². The molecule has 0 saturated heterocycles. The van der Waals surface area contributed by atoms with Crippen molar-refractivity contribution in [1.82, 2.24) is 0 Å². The van der Waals surface area contributed by atoms with Crippen LogP contribution < -0.4 is 0 Å². The molecule has 0 radical (unpaired) electrons. The molecule has 7 heteroatoms. The van der Waals surface area contributed by atoms with Crippen molar-refractivity contribution in [1.29, 1.82) is 5.26 Å². The van der Waals surface area contributed by atoms with Crippen molar-refractivity contribution < 1.29 is 23.1 Å². The molecule has 4 nitrogen and oxygen atoms in total. The van der Waals surface area contributed by atoms with Crippen molar-refractivity contribution in [3.8, 4) is 6.07 Å². The number of hydrogen-bond acceptors (Lipinski definition) is 4. The van der Waals surface area contributed by atoms with Gasteiger partial charge in [-0.25, -0.2) is 13.6 Å². The molecule has 2 aromatic rings. The van der Waals surface area contributed by atoms with E-state index in [4.69, 9.17) is 14.8 Å². The molecule has 1 heterocycles. The molecule has 0 unspecified atom stereocenters. The van der Waals surface area contributed by atoms with Crippen LogP contribution in [0.3, 0.4) is 0 Å². The quantitative estimate of drug-likeness (QED) is 0.934. The first kappa shape index (κ1) is 13.1. The zero-order valence-electron chi connectivity index (χ0n) is 9.18. The van der Waals surface area contributed by atoms with Crippen molar-refractivity contribution in [2.24, 2.45) is 0 Å². The van der Waals surface area contributed by atoms with E-state index in [0.29, 0.717) is 11.8 Å². The first-order valence-corrected chi connectivity index (χ1v) is 5.73. The Morgan fingerprint density at radius 3 is 2.42 bits per heavy atom. The summed E-state index contributed by atoms with van der Waals surface area (Å²) in [5.74, 6) is -3.41. The molecule has 0 saturated carbocycles. The van der Waals surface area contributed by atoms with Gasteiger partial charge in [-0.2, -0.15) is 5.26 Å². The summed E-state index contributed by atoms with van der Waals surface area (Å²) in [5.41, 5.74) is -0.134. The van der Waals surface area contributed by atoms with Crippen LogP contribution >= 0.6 is 11.8 Å². The standard InChI is InChI=1S/C12H5F2NO3S/c13-7-3-6(5-15)4-8(14)11(7)19-10-2-1-9(18-10)12(16)17/h1-4H,(H,16,17). The lowest BCUT2D eigenvalue weighted by Crippen LogP contribution is -1.92. The number of nitriles is 1. The van der Waals surface area contributed by atoms with Gasteiger partial charge in [-0.1, -0.05) is 0 Å². The fraction of sp³-hybridized carbons (Fsp3) is 0. The van der Waals surface area contributed by atoms with Crippen LogP contribution in [0, 0.1) is 23.0 Å². The highest BCUT2D eigenvalue weighted by atomic mass is 32.2. The van der Waals surface area contributed by atoms with E-state index in [2.05, 4.69) is 0 Å². The van der Waals surface area contributed by atoms with Crippen LogP contribution in [0.15, 0.2) is 38.7 Å². The van der Waals surface area contributed by atoms with Crippen molar-refractivity contribution in [2.45, 2.75) is 9.99 Å². The molecule has 0 spiro atoms. The number of hydrogen-bond donors (Lipinski definition) is 1. The molecule has 0 bridgehead atoms. The third-order valence-corrected chi connectivity index (χ3v) is 3.14. The van der Waals surface area contributed by atoms with Gasteiger partial charge >= 0.3 is 5.97 Å². The van der Waals surface area contributed by atoms with Gasteiger partial charge in [0.1, 0.15) is 11.6 Å². The molecule has 0 aliphatic rings. The summed E-state index contributed by atoms with van der Waals surface area (Å²) in [6.07, 6.45) is 0. The van der Waals surface area contributed by atoms with E-state index in [-0.39, 0.29) is 21.3 Å². The van der Waals surface area contributed by atoms with E-state index in [0.717, 1.165) is 12.1 Å². The maximum Gasteiger partial charge on any atom is 0.371 e. The molecule has 0 aliphatic heterocycles. The summed E-state index contributed by atoms with van der Waals surface area (Å²) >= 11 is 0.609. The molecular weight excluding hydrogens is 276 g/mol. The Morgan fingerprint density at radius 2 is 1.95 bits per heavy atom. The number of carboxylic acids is 1. The van der Waals surface area contributed by atoms with Gasteiger partial charge in [0.2, 0.25) is 5.76 Å². The molecule has 2 rings (SSSR count). The lowest BCUT2D eigenvalue weighted by Gasteiger charge is -2.02. The lowest BCUT2D eigenvalue weighted by atomic mass is 10.2. The summed E-state index contributed by atoms with van der Waals surface area (Å²) in [7, 11) is 0. The maximum absolute atomic E-state index is 13.6. The fourth-order valence-corrected chi connectivity index (χ4v) is 2.09. The first-order chi connectivity index (χ1) is 9.01. The van der Waals surface area contributed by atoms with Crippen LogP contribution in [-0.4, -0.2) is 11.1 Å². The summed E-state index contributed by atoms with van der Waals surface area (Å²) in [6, 6.07) is 5.90. The topological polar surface area (TPSA) is 74.2 Å². The van der Waals surface area contributed by atoms with Gasteiger partial charge in [-0.05, 0) is 36.0 Å². The Morgan fingerprint density at radius 1 is 1.32 bits per heavy atom. The average molecular weight is 281 g/mol. The molecule has 0 fully saturated rings. The van der Waals surface area contributed by atoms with E-state index in [1.165, 1.54) is 12.1 Å². The molecule has 0 aliphatic carbocycles. The molecule has 0 amide bonds. The Kier molecular flexibility index (Phi) is 3.53. The molecule has 1 aromatic carbocycles. The summed E-state index contributed by atoms with van der Waals surface area (Å²) in [5, 5.41) is 17.3. The average Bonchev–Trinajstić information content (AvgIpc) is 2.82. The second-order valence-electron chi connectivity index (χ2n) is 3.41. The maximum atomic E-state index is 13.6. The SMILES string of the molecule is N#Cc1cc(F)c(Sc2ccc(C(=O)O)o2)c(F)c1. The van der Waals surface area contributed by atoms with Crippen LogP contribution in [0.4, 0.5) is 8.78 Å². The van der Waals surface area contributed by atoms with Crippen LogP contribution in [0.1, 0.15) is 16.1 Å². The third-order valence-electron chi connectivity index (χ3n) is 2.12. The van der Waals surface area contributed by atoms with Gasteiger partial charge < -0.3 is 9.52 Å². The lowest BCUT2D eigenvalue weighted by molar-refractivity contribution is 0.0656. The van der Waals surface area contributed by atoms with Crippen molar-refractivity contribution in [3.05, 3.63) is 47.2 Å². The number of furan rings is 1. The molecule has 19 heavy (non-hydrogen) atoms. The fourth-order valence-electron chi connectivity index (χ4n) is 1.31. The van der Waals surface area contributed by atoms with E-state index in [1.807, 2.05) is 0 Å². The Bertz CT molecular complexity index is 668. The largest absolute Gasteiger partial charge is 0.475 e. The third kappa shape index (κ3) is 2.74. The predicted octanol–water partition coefficient (Wildman–Crippen LogP) is 3.28. The van der Waals surface area contributed by atoms with E-state index < -0.39 is 17.6 Å². The molecule has 1 aromatic heterocycles. The zero-order chi connectivity index (χ0) is 14.0. The van der Waals surface area contributed by atoms with Crippen LogP contribution in [-0.2, 0) is 0 Å². The van der Waals surface area contributed by atoms with Crippen molar-refractivity contribution in [2.75, 3.05) is 0 Å². The Labute approximate surface area is 110 Å². The van der Waals surface area contributed by atoms with E-state index in [9.17, 15) is 13.6 Å². The second kappa shape index (κ2) is 5.12. The van der Waals surface area contributed by atoms with Crippen molar-refractivity contribution in [3.63, 3.8) is 0 Å². The molecule has 0 atom stereocenters. The summed E-state index contributed by atoms with van der Waals surface area (Å²) in [6.45, 7) is 0. The highest BCUT2D eigenvalue weighted by Crippen LogP contribution is 2.33. The zero-order valence-corrected chi connectivity index (χ0v) is 10.0. The first-order valence-electron chi connectivity index (χ1n) is 4.91. The number of carboxylic acid groups (broad SMARTS) is 1. The smallest absolute Gasteiger partial charge is 0.371 e. The summed E-state index contributed by atoms with van der Waals surface area (Å²) in [4.78, 5) is 10.2. The minimum Gasteiger partial charge on any atom is -0.475 e. The van der Waals surface area contributed by atoms with Gasteiger partial charge in [0, 0.05) is 0 Å². The molecular formula is C12H5F2NO3S. The molecule has 96 valence electrons. The van der Waals surface area contributed by atoms with Crippen LogP contribution in [0.2, 0.25) is 0 Å². The number of nitrogens with zero attached hydrogens (tertiary/aromatic N) is 1.